The van der Waals surface area contributed by atoms with Crippen molar-refractivity contribution in [2.45, 2.75) is 20.8 Å². The SMILES string of the molecule is CCOC(=O)/C=C(/OCC)SCC. The summed E-state index contributed by atoms with van der Waals surface area (Å²) in [6, 6.07) is 0. The van der Waals surface area contributed by atoms with E-state index >= 15 is 0 Å². The van der Waals surface area contributed by atoms with Crippen LogP contribution >= 0.6 is 11.8 Å². The molecule has 0 unspecified atom stereocenters. The molecule has 0 spiro atoms. The first kappa shape index (κ1) is 12.4. The van der Waals surface area contributed by atoms with Crippen molar-refractivity contribution in [1.82, 2.24) is 0 Å². The van der Waals surface area contributed by atoms with Crippen LogP contribution in [0.5, 0.6) is 0 Å². The average Bonchev–Trinajstić information content (AvgIpc) is 2.05. The van der Waals surface area contributed by atoms with Crippen molar-refractivity contribution in [2.75, 3.05) is 19.0 Å². The molecule has 0 saturated heterocycles. The predicted molar refractivity (Wildman–Crippen MR) is 54.5 cm³/mol. The highest BCUT2D eigenvalue weighted by atomic mass is 32.2. The molecule has 0 fully saturated rings. The van der Waals surface area contributed by atoms with Gasteiger partial charge in [-0.1, -0.05) is 18.7 Å². The number of ether oxygens (including phenoxy) is 2. The van der Waals surface area contributed by atoms with E-state index in [-0.39, 0.29) is 5.97 Å². The molecule has 0 bridgehead atoms. The highest BCUT2D eigenvalue weighted by molar-refractivity contribution is 8.02. The molecule has 4 heteroatoms. The quantitative estimate of drug-likeness (QED) is 0.377. The van der Waals surface area contributed by atoms with Gasteiger partial charge in [0.2, 0.25) is 0 Å². The third-order valence-electron chi connectivity index (χ3n) is 1.10. The van der Waals surface area contributed by atoms with Crippen molar-refractivity contribution in [1.29, 1.82) is 0 Å². The number of thioether (sulfide) groups is 1. The van der Waals surface area contributed by atoms with Gasteiger partial charge in [-0.05, 0) is 19.6 Å². The molecule has 0 amide bonds. The van der Waals surface area contributed by atoms with Gasteiger partial charge in [-0.25, -0.2) is 4.79 Å². The molecule has 0 aromatic rings. The molecule has 0 aliphatic rings. The minimum absolute atomic E-state index is 0.341. The second-order valence-corrected chi connectivity index (χ2v) is 3.35. The molecular formula is C9H16O3S. The summed E-state index contributed by atoms with van der Waals surface area (Å²) in [6.07, 6.45) is 1.39. The zero-order chi connectivity index (χ0) is 10.1. The third-order valence-corrected chi connectivity index (χ3v) is 1.90. The average molecular weight is 204 g/mol. The molecule has 0 heterocycles. The summed E-state index contributed by atoms with van der Waals surface area (Å²) in [5.41, 5.74) is 0. The summed E-state index contributed by atoms with van der Waals surface area (Å²) in [7, 11) is 0. The zero-order valence-corrected chi connectivity index (χ0v) is 9.15. The molecule has 0 aromatic heterocycles. The van der Waals surface area contributed by atoms with E-state index in [1.807, 2.05) is 13.8 Å². The maximum absolute atomic E-state index is 11.0. The number of carbonyl (C=O) groups excluding carboxylic acids is 1. The first-order chi connectivity index (χ1) is 6.24. The molecule has 0 atom stereocenters. The Labute approximate surface area is 83.5 Å². The smallest absolute Gasteiger partial charge is 0.335 e. The van der Waals surface area contributed by atoms with Crippen molar-refractivity contribution in [3.63, 3.8) is 0 Å². The van der Waals surface area contributed by atoms with E-state index in [9.17, 15) is 4.79 Å². The van der Waals surface area contributed by atoms with Gasteiger partial charge >= 0.3 is 5.97 Å². The summed E-state index contributed by atoms with van der Waals surface area (Å²) < 4.78 is 9.98. The van der Waals surface area contributed by atoms with Crippen molar-refractivity contribution in [3.8, 4) is 0 Å². The van der Waals surface area contributed by atoms with Gasteiger partial charge < -0.3 is 9.47 Å². The van der Waals surface area contributed by atoms with Crippen LogP contribution in [0.4, 0.5) is 0 Å². The monoisotopic (exact) mass is 204 g/mol. The largest absolute Gasteiger partial charge is 0.487 e. The van der Waals surface area contributed by atoms with E-state index in [0.29, 0.717) is 18.3 Å². The van der Waals surface area contributed by atoms with Gasteiger partial charge in [-0.15, -0.1) is 0 Å². The van der Waals surface area contributed by atoms with E-state index in [4.69, 9.17) is 9.47 Å². The normalized spacial score (nSPS) is 11.2. The maximum Gasteiger partial charge on any atom is 0.335 e. The van der Waals surface area contributed by atoms with E-state index in [1.54, 1.807) is 6.92 Å². The zero-order valence-electron chi connectivity index (χ0n) is 8.33. The molecule has 0 aromatic carbocycles. The van der Waals surface area contributed by atoms with Crippen molar-refractivity contribution in [3.05, 3.63) is 11.2 Å². The van der Waals surface area contributed by atoms with Crippen LogP contribution < -0.4 is 0 Å². The van der Waals surface area contributed by atoms with E-state index in [1.165, 1.54) is 17.8 Å². The minimum Gasteiger partial charge on any atom is -0.487 e. The fourth-order valence-electron chi connectivity index (χ4n) is 0.690. The molecule has 0 saturated carbocycles. The second kappa shape index (κ2) is 7.98. The number of hydrogen-bond acceptors (Lipinski definition) is 4. The molecule has 3 nitrogen and oxygen atoms in total. The van der Waals surface area contributed by atoms with Crippen LogP contribution in [0.25, 0.3) is 0 Å². The summed E-state index contributed by atoms with van der Waals surface area (Å²) in [6.45, 7) is 6.63. The number of esters is 1. The number of hydrogen-bond donors (Lipinski definition) is 0. The van der Waals surface area contributed by atoms with Gasteiger partial charge in [-0.3, -0.25) is 0 Å². The Morgan fingerprint density at radius 1 is 1.23 bits per heavy atom. The second-order valence-electron chi connectivity index (χ2n) is 2.08. The van der Waals surface area contributed by atoms with Gasteiger partial charge in [0, 0.05) is 0 Å². The predicted octanol–water partition coefficient (Wildman–Crippen LogP) is 2.18. The van der Waals surface area contributed by atoms with Crippen LogP contribution in [0, 0.1) is 0 Å². The lowest BCUT2D eigenvalue weighted by Gasteiger charge is -2.05. The first-order valence-electron chi connectivity index (χ1n) is 4.38. The van der Waals surface area contributed by atoms with Gasteiger partial charge in [0.1, 0.15) is 0 Å². The summed E-state index contributed by atoms with van der Waals surface area (Å²) in [5.74, 6) is 0.539. The van der Waals surface area contributed by atoms with Crippen LogP contribution in [-0.4, -0.2) is 24.9 Å². The van der Waals surface area contributed by atoms with Gasteiger partial charge in [0.15, 0.2) is 5.09 Å². The van der Waals surface area contributed by atoms with Crippen molar-refractivity contribution in [2.24, 2.45) is 0 Å². The molecule has 13 heavy (non-hydrogen) atoms. The summed E-state index contributed by atoms with van der Waals surface area (Å²) >= 11 is 1.49. The fraction of sp³-hybridized carbons (Fsp3) is 0.667. The molecule has 0 aliphatic heterocycles. The van der Waals surface area contributed by atoms with Gasteiger partial charge in [-0.2, -0.15) is 0 Å². The lowest BCUT2D eigenvalue weighted by Crippen LogP contribution is -2.01. The molecule has 0 radical (unpaired) electrons. The van der Waals surface area contributed by atoms with Crippen LogP contribution in [0.1, 0.15) is 20.8 Å². The summed E-state index contributed by atoms with van der Waals surface area (Å²) in [5, 5.41) is 0.628. The van der Waals surface area contributed by atoms with Crippen LogP contribution in [0.3, 0.4) is 0 Å². The first-order valence-corrected chi connectivity index (χ1v) is 5.37. The molecule has 0 aliphatic carbocycles. The standard InChI is InChI=1S/C9H16O3S/c1-4-11-8(10)7-9(12-5-2)13-6-3/h7H,4-6H2,1-3H3/b9-7-. The van der Waals surface area contributed by atoms with Gasteiger partial charge in [0.05, 0.1) is 19.3 Å². The third kappa shape index (κ3) is 6.51. The number of carbonyl (C=O) groups is 1. The lowest BCUT2D eigenvalue weighted by atomic mass is 10.6. The van der Waals surface area contributed by atoms with Crippen LogP contribution in [0.15, 0.2) is 11.2 Å². The Balaban J connectivity index is 4.07. The Bertz CT molecular complexity index is 170. The molecule has 0 N–H and O–H groups in total. The van der Waals surface area contributed by atoms with Crippen molar-refractivity contribution < 1.29 is 14.3 Å². The highest BCUT2D eigenvalue weighted by Crippen LogP contribution is 2.16. The van der Waals surface area contributed by atoms with Crippen LogP contribution in [-0.2, 0) is 14.3 Å². The van der Waals surface area contributed by atoms with E-state index < -0.39 is 0 Å². The Morgan fingerprint density at radius 2 is 1.85 bits per heavy atom. The minimum atomic E-state index is -0.341. The Morgan fingerprint density at radius 3 is 2.31 bits per heavy atom. The number of rotatable bonds is 6. The topological polar surface area (TPSA) is 35.5 Å². The summed E-state index contributed by atoms with van der Waals surface area (Å²) in [4.78, 5) is 11.0. The van der Waals surface area contributed by atoms with E-state index in [2.05, 4.69) is 0 Å². The highest BCUT2D eigenvalue weighted by Gasteiger charge is 2.02. The van der Waals surface area contributed by atoms with Gasteiger partial charge in [0.25, 0.3) is 0 Å². The molecular weight excluding hydrogens is 188 g/mol. The maximum atomic E-state index is 11.0. The molecule has 0 rings (SSSR count). The van der Waals surface area contributed by atoms with E-state index in [0.717, 1.165) is 5.75 Å². The van der Waals surface area contributed by atoms with Crippen LogP contribution in [0.2, 0.25) is 0 Å². The fourth-order valence-corrected chi connectivity index (χ4v) is 1.35. The lowest BCUT2D eigenvalue weighted by molar-refractivity contribution is -0.137. The Hall–Kier alpha value is -0.640. The van der Waals surface area contributed by atoms with Crippen molar-refractivity contribution >= 4 is 17.7 Å². The molecule has 76 valence electrons. The Kier molecular flexibility index (Phi) is 7.59.